The van der Waals surface area contributed by atoms with Crippen LogP contribution in [0.2, 0.25) is 0 Å². The molecule has 90 valence electrons. The van der Waals surface area contributed by atoms with Crippen LogP contribution in [0, 0.1) is 20.8 Å². The zero-order valence-electron chi connectivity index (χ0n) is 10.8. The molecule has 17 heavy (non-hydrogen) atoms. The molecule has 0 radical (unpaired) electrons. The van der Waals surface area contributed by atoms with Crippen LogP contribution in [0.5, 0.6) is 0 Å². The molecule has 0 atom stereocenters. The van der Waals surface area contributed by atoms with Crippen molar-refractivity contribution in [3.8, 4) is 0 Å². The van der Waals surface area contributed by atoms with Crippen LogP contribution in [0.4, 0.5) is 5.69 Å². The zero-order chi connectivity index (χ0) is 12.4. The minimum Gasteiger partial charge on any atom is -0.379 e. The van der Waals surface area contributed by atoms with Crippen molar-refractivity contribution in [2.45, 2.75) is 27.3 Å². The molecule has 2 aromatic rings. The van der Waals surface area contributed by atoms with Crippen LogP contribution in [-0.4, -0.2) is 14.8 Å². The molecule has 0 bridgehead atoms. The summed E-state index contributed by atoms with van der Waals surface area (Å²) < 4.78 is 1.92. The Hall–Kier alpha value is -1.84. The van der Waals surface area contributed by atoms with Gasteiger partial charge >= 0.3 is 0 Å². The van der Waals surface area contributed by atoms with Gasteiger partial charge in [-0.15, -0.1) is 0 Å². The lowest BCUT2D eigenvalue weighted by Gasteiger charge is -2.08. The molecule has 0 fully saturated rings. The molecule has 0 amide bonds. The first kappa shape index (κ1) is 11.6. The first-order chi connectivity index (χ1) is 8.09. The second-order valence-electron chi connectivity index (χ2n) is 4.32. The average Bonchev–Trinajstić information content (AvgIpc) is 2.53. The Kier molecular flexibility index (Phi) is 3.13. The highest BCUT2D eigenvalue weighted by Crippen LogP contribution is 2.16. The first-order valence-corrected chi connectivity index (χ1v) is 5.73. The second kappa shape index (κ2) is 4.57. The van der Waals surface area contributed by atoms with E-state index in [-0.39, 0.29) is 0 Å². The number of hydrogen-bond donors (Lipinski definition) is 1. The molecule has 0 saturated heterocycles. The van der Waals surface area contributed by atoms with Crippen LogP contribution in [0.15, 0.2) is 18.5 Å². The normalized spacial score (nSPS) is 10.6. The Bertz CT molecular complexity index is 528. The van der Waals surface area contributed by atoms with Crippen LogP contribution in [0.1, 0.15) is 22.5 Å². The van der Waals surface area contributed by atoms with E-state index < -0.39 is 0 Å². The quantitative estimate of drug-likeness (QED) is 0.880. The van der Waals surface area contributed by atoms with Crippen LogP contribution in [-0.2, 0) is 13.6 Å². The number of pyridine rings is 1. The number of nitrogens with zero attached hydrogens (tertiary/aromatic N) is 3. The van der Waals surface area contributed by atoms with Crippen molar-refractivity contribution in [3.05, 3.63) is 41.0 Å². The van der Waals surface area contributed by atoms with Crippen LogP contribution in [0.3, 0.4) is 0 Å². The van der Waals surface area contributed by atoms with Gasteiger partial charge in [-0.25, -0.2) is 0 Å². The molecule has 4 nitrogen and oxygen atoms in total. The van der Waals surface area contributed by atoms with Crippen molar-refractivity contribution in [1.29, 1.82) is 0 Å². The summed E-state index contributed by atoms with van der Waals surface area (Å²) in [5, 5.41) is 7.81. The van der Waals surface area contributed by atoms with E-state index in [4.69, 9.17) is 0 Å². The third-order valence-electron chi connectivity index (χ3n) is 3.15. The molecule has 2 aromatic heterocycles. The third kappa shape index (κ3) is 2.30. The van der Waals surface area contributed by atoms with E-state index in [1.807, 2.05) is 30.9 Å². The predicted octanol–water partition coefficient (Wildman–Crippen LogP) is 2.35. The van der Waals surface area contributed by atoms with Gasteiger partial charge in [0.05, 0.1) is 17.6 Å². The van der Waals surface area contributed by atoms with Crippen LogP contribution < -0.4 is 5.32 Å². The van der Waals surface area contributed by atoms with Crippen molar-refractivity contribution in [1.82, 2.24) is 14.8 Å². The van der Waals surface area contributed by atoms with E-state index in [0.29, 0.717) is 0 Å². The van der Waals surface area contributed by atoms with Crippen molar-refractivity contribution in [2.75, 3.05) is 5.32 Å². The van der Waals surface area contributed by atoms with Gasteiger partial charge in [-0.05, 0) is 32.4 Å². The number of hydrogen-bond acceptors (Lipinski definition) is 3. The zero-order valence-corrected chi connectivity index (χ0v) is 10.8. The standard InChI is InChI=1S/C13H18N4/c1-9-5-6-14-8-13(9)15-7-12-10(2)16-17(4)11(12)3/h5-6,8,15H,7H2,1-4H3. The lowest BCUT2D eigenvalue weighted by Crippen LogP contribution is -2.03. The third-order valence-corrected chi connectivity index (χ3v) is 3.15. The summed E-state index contributed by atoms with van der Waals surface area (Å²) in [6.45, 7) is 7.00. The lowest BCUT2D eigenvalue weighted by atomic mass is 10.2. The fourth-order valence-corrected chi connectivity index (χ4v) is 1.91. The summed E-state index contributed by atoms with van der Waals surface area (Å²) in [7, 11) is 1.97. The number of aromatic nitrogens is 3. The number of nitrogens with one attached hydrogen (secondary N) is 1. The number of anilines is 1. The minimum atomic E-state index is 0.790. The predicted molar refractivity (Wildman–Crippen MR) is 69.0 cm³/mol. The van der Waals surface area contributed by atoms with Gasteiger partial charge in [0.25, 0.3) is 0 Å². The monoisotopic (exact) mass is 230 g/mol. The summed E-state index contributed by atoms with van der Waals surface area (Å²) in [6, 6.07) is 2.01. The maximum absolute atomic E-state index is 4.41. The molecule has 4 heteroatoms. The van der Waals surface area contributed by atoms with Gasteiger partial charge in [0, 0.05) is 31.0 Å². The fourth-order valence-electron chi connectivity index (χ4n) is 1.91. The minimum absolute atomic E-state index is 0.790. The van der Waals surface area contributed by atoms with Crippen LogP contribution >= 0.6 is 0 Å². The summed E-state index contributed by atoms with van der Waals surface area (Å²) in [5.74, 6) is 0. The number of aryl methyl sites for hydroxylation is 3. The van der Waals surface area contributed by atoms with Gasteiger partial charge in [0.2, 0.25) is 0 Å². The molecule has 2 rings (SSSR count). The molecule has 1 N–H and O–H groups in total. The van der Waals surface area contributed by atoms with Gasteiger partial charge in [0.15, 0.2) is 0 Å². The molecule has 0 aliphatic carbocycles. The first-order valence-electron chi connectivity index (χ1n) is 5.73. The molecule has 0 spiro atoms. The molecular formula is C13H18N4. The smallest absolute Gasteiger partial charge is 0.0646 e. The topological polar surface area (TPSA) is 42.7 Å². The molecular weight excluding hydrogens is 212 g/mol. The summed E-state index contributed by atoms with van der Waals surface area (Å²) in [4.78, 5) is 4.12. The molecule has 2 heterocycles. The molecule has 0 unspecified atom stereocenters. The SMILES string of the molecule is Cc1ccncc1NCc1c(C)nn(C)c1C. The van der Waals surface area contributed by atoms with Gasteiger partial charge in [-0.2, -0.15) is 5.10 Å². The highest BCUT2D eigenvalue weighted by Gasteiger charge is 2.09. The molecule has 0 aliphatic rings. The van der Waals surface area contributed by atoms with Gasteiger partial charge in [-0.3, -0.25) is 9.67 Å². The summed E-state index contributed by atoms with van der Waals surface area (Å²) in [6.07, 6.45) is 3.66. The lowest BCUT2D eigenvalue weighted by molar-refractivity contribution is 0.730. The van der Waals surface area contributed by atoms with Crippen molar-refractivity contribution in [3.63, 3.8) is 0 Å². The van der Waals surface area contributed by atoms with E-state index in [1.54, 1.807) is 6.20 Å². The Labute approximate surface area is 102 Å². The average molecular weight is 230 g/mol. The Morgan fingerprint density at radius 2 is 2.06 bits per heavy atom. The maximum atomic E-state index is 4.41. The van der Waals surface area contributed by atoms with E-state index >= 15 is 0 Å². The van der Waals surface area contributed by atoms with Gasteiger partial charge in [0.1, 0.15) is 0 Å². The van der Waals surface area contributed by atoms with Gasteiger partial charge in [-0.1, -0.05) is 0 Å². The molecule has 0 aromatic carbocycles. The van der Waals surface area contributed by atoms with Gasteiger partial charge < -0.3 is 5.32 Å². The van der Waals surface area contributed by atoms with E-state index in [0.717, 1.165) is 17.9 Å². The Morgan fingerprint density at radius 3 is 2.65 bits per heavy atom. The second-order valence-corrected chi connectivity index (χ2v) is 4.32. The van der Waals surface area contributed by atoms with Crippen molar-refractivity contribution < 1.29 is 0 Å². The summed E-state index contributed by atoms with van der Waals surface area (Å²) in [5.41, 5.74) is 5.83. The fraction of sp³-hybridized carbons (Fsp3) is 0.385. The van der Waals surface area contributed by atoms with Crippen molar-refractivity contribution >= 4 is 5.69 Å². The Morgan fingerprint density at radius 1 is 1.29 bits per heavy atom. The van der Waals surface area contributed by atoms with E-state index in [2.05, 4.69) is 29.2 Å². The van der Waals surface area contributed by atoms with Crippen molar-refractivity contribution in [2.24, 2.45) is 7.05 Å². The van der Waals surface area contributed by atoms with E-state index in [9.17, 15) is 0 Å². The largest absolute Gasteiger partial charge is 0.379 e. The molecule has 0 aliphatic heterocycles. The van der Waals surface area contributed by atoms with E-state index in [1.165, 1.54) is 16.8 Å². The number of rotatable bonds is 3. The highest BCUT2D eigenvalue weighted by molar-refractivity contribution is 5.48. The highest BCUT2D eigenvalue weighted by atomic mass is 15.3. The van der Waals surface area contributed by atoms with Crippen LogP contribution in [0.25, 0.3) is 0 Å². The summed E-state index contributed by atoms with van der Waals surface area (Å²) >= 11 is 0. The maximum Gasteiger partial charge on any atom is 0.0646 e. The Balaban J connectivity index is 2.15. The molecule has 0 saturated carbocycles.